The Kier molecular flexibility index (Phi) is 5.33. The normalized spacial score (nSPS) is 22.0. The molecule has 1 aliphatic carbocycles. The maximum Gasteiger partial charge on any atom is 0.270 e. The molecule has 1 aromatic heterocycles. The first-order valence-corrected chi connectivity index (χ1v) is 12.4. The fourth-order valence-electron chi connectivity index (χ4n) is 6.42. The number of hydrogen-bond donors (Lipinski definition) is 2. The number of aromatic hydroxyl groups is 1. The monoisotopic (exact) mass is 467 g/mol. The van der Waals surface area contributed by atoms with E-state index in [2.05, 4.69) is 46.3 Å². The third kappa shape index (κ3) is 3.88. The molecule has 4 aromatic rings. The van der Waals surface area contributed by atoms with Crippen molar-refractivity contribution in [3.8, 4) is 5.75 Å². The first-order chi connectivity index (χ1) is 17.0. The quantitative estimate of drug-likeness (QED) is 0.305. The van der Waals surface area contributed by atoms with E-state index in [9.17, 15) is 15.2 Å². The molecule has 0 bridgehead atoms. The number of nitro groups is 1. The Bertz CT molecular complexity index is 1400. The van der Waals surface area contributed by atoms with Gasteiger partial charge in [-0.05, 0) is 73.0 Å². The second kappa shape index (κ2) is 8.54. The number of nitrogens with zero attached hydrogens (tertiary/aromatic N) is 2. The zero-order valence-corrected chi connectivity index (χ0v) is 19.6. The minimum absolute atomic E-state index is 0.0677. The van der Waals surface area contributed by atoms with Crippen LogP contribution in [0.3, 0.4) is 0 Å². The van der Waals surface area contributed by atoms with Gasteiger partial charge >= 0.3 is 0 Å². The Balaban J connectivity index is 1.36. The molecule has 1 unspecified atom stereocenters. The molecule has 0 radical (unpaired) electrons. The van der Waals surface area contributed by atoms with Crippen LogP contribution in [0.4, 0.5) is 5.69 Å². The van der Waals surface area contributed by atoms with E-state index in [1.165, 1.54) is 22.4 Å². The Hall–Kier alpha value is -3.64. The van der Waals surface area contributed by atoms with E-state index in [4.69, 9.17) is 0 Å². The summed E-state index contributed by atoms with van der Waals surface area (Å²) in [5.41, 5.74) is 5.98. The number of non-ortho nitro benzene ring substituents is 1. The lowest BCUT2D eigenvalue weighted by molar-refractivity contribution is -0.384. The molecule has 0 spiro atoms. The van der Waals surface area contributed by atoms with E-state index >= 15 is 0 Å². The number of H-pyrrole nitrogens is 1. The number of aromatic nitrogens is 1. The number of hydrogen-bond acceptors (Lipinski definition) is 4. The standard InChI is InChI=1S/C29H29N3O3/c33-24-8-4-7-21(15-24)29-12-14-31(13-11-20-5-2-1-3-6-20)19-22(29)16-25-26-17-23(32(34)35)9-10-27(26)30-28(25)18-29/h1-10,15,17,22,30,33H,11-14,16,18-19H2/t22?,29-/m1/s1. The summed E-state index contributed by atoms with van der Waals surface area (Å²) in [4.78, 5) is 17.3. The van der Waals surface area contributed by atoms with Crippen molar-refractivity contribution in [2.75, 3.05) is 19.6 Å². The Morgan fingerprint density at radius 3 is 2.74 bits per heavy atom. The van der Waals surface area contributed by atoms with Gasteiger partial charge in [0.1, 0.15) is 5.75 Å². The van der Waals surface area contributed by atoms with Gasteiger partial charge in [0, 0.05) is 47.2 Å². The van der Waals surface area contributed by atoms with E-state index in [0.717, 1.165) is 56.2 Å². The van der Waals surface area contributed by atoms with Gasteiger partial charge in [0.15, 0.2) is 0 Å². The van der Waals surface area contributed by atoms with E-state index in [0.29, 0.717) is 11.7 Å². The molecule has 178 valence electrons. The van der Waals surface area contributed by atoms with Crippen molar-refractivity contribution in [3.63, 3.8) is 0 Å². The molecular weight excluding hydrogens is 438 g/mol. The van der Waals surface area contributed by atoms with E-state index in [1.54, 1.807) is 18.2 Å². The topological polar surface area (TPSA) is 82.4 Å². The molecule has 2 heterocycles. The van der Waals surface area contributed by atoms with Gasteiger partial charge in [-0.3, -0.25) is 10.1 Å². The van der Waals surface area contributed by atoms with Crippen LogP contribution in [-0.4, -0.2) is 39.5 Å². The van der Waals surface area contributed by atoms with Crippen LogP contribution in [0.25, 0.3) is 10.9 Å². The summed E-state index contributed by atoms with van der Waals surface area (Å²) in [7, 11) is 0. The van der Waals surface area contributed by atoms with Crippen molar-refractivity contribution in [2.45, 2.75) is 31.1 Å². The summed E-state index contributed by atoms with van der Waals surface area (Å²) < 4.78 is 0. The minimum atomic E-state index is -0.315. The molecule has 1 aliphatic heterocycles. The van der Waals surface area contributed by atoms with Crippen LogP contribution in [0.15, 0.2) is 72.8 Å². The van der Waals surface area contributed by atoms with Gasteiger partial charge in [-0.15, -0.1) is 0 Å². The van der Waals surface area contributed by atoms with Gasteiger partial charge < -0.3 is 15.0 Å². The molecule has 6 rings (SSSR count). The zero-order chi connectivity index (χ0) is 24.0. The van der Waals surface area contributed by atoms with Crippen molar-refractivity contribution in [1.82, 2.24) is 9.88 Å². The summed E-state index contributed by atoms with van der Waals surface area (Å²) in [5.74, 6) is 0.666. The highest BCUT2D eigenvalue weighted by molar-refractivity contribution is 5.87. The maximum atomic E-state index is 11.4. The molecule has 6 heteroatoms. The Labute approximate surface area is 204 Å². The first-order valence-electron chi connectivity index (χ1n) is 12.4. The molecule has 0 amide bonds. The predicted octanol–water partition coefficient (Wildman–Crippen LogP) is 5.38. The summed E-state index contributed by atoms with van der Waals surface area (Å²) in [6.45, 7) is 3.01. The van der Waals surface area contributed by atoms with Crippen molar-refractivity contribution in [1.29, 1.82) is 0 Å². The van der Waals surface area contributed by atoms with Crippen LogP contribution < -0.4 is 0 Å². The van der Waals surface area contributed by atoms with Crippen LogP contribution in [0, 0.1) is 16.0 Å². The summed E-state index contributed by atoms with van der Waals surface area (Å²) >= 11 is 0. The van der Waals surface area contributed by atoms with Gasteiger partial charge in [0.2, 0.25) is 0 Å². The molecule has 2 aliphatic rings. The van der Waals surface area contributed by atoms with E-state index in [1.807, 2.05) is 18.2 Å². The third-order valence-corrected chi connectivity index (χ3v) is 8.25. The number of likely N-dealkylation sites (tertiary alicyclic amines) is 1. The highest BCUT2D eigenvalue weighted by Gasteiger charge is 2.48. The van der Waals surface area contributed by atoms with E-state index in [-0.39, 0.29) is 16.0 Å². The van der Waals surface area contributed by atoms with Gasteiger partial charge in [-0.2, -0.15) is 0 Å². The largest absolute Gasteiger partial charge is 0.508 e. The molecule has 6 nitrogen and oxygen atoms in total. The number of benzene rings is 3. The third-order valence-electron chi connectivity index (χ3n) is 8.25. The van der Waals surface area contributed by atoms with Crippen LogP contribution >= 0.6 is 0 Å². The van der Waals surface area contributed by atoms with Gasteiger partial charge in [0.05, 0.1) is 4.92 Å². The van der Waals surface area contributed by atoms with Crippen molar-refractivity contribution in [3.05, 3.63) is 105 Å². The van der Waals surface area contributed by atoms with Crippen LogP contribution in [-0.2, 0) is 24.7 Å². The average Bonchev–Trinajstić information content (AvgIpc) is 3.22. The summed E-state index contributed by atoms with van der Waals surface area (Å²) in [5, 5.41) is 22.7. The van der Waals surface area contributed by atoms with Crippen LogP contribution in [0.5, 0.6) is 5.75 Å². The molecule has 2 N–H and O–H groups in total. The van der Waals surface area contributed by atoms with Crippen LogP contribution in [0.2, 0.25) is 0 Å². The molecule has 1 fully saturated rings. The van der Waals surface area contributed by atoms with Crippen LogP contribution in [0.1, 0.15) is 28.8 Å². The van der Waals surface area contributed by atoms with E-state index < -0.39 is 0 Å². The maximum absolute atomic E-state index is 11.4. The smallest absolute Gasteiger partial charge is 0.270 e. The minimum Gasteiger partial charge on any atom is -0.508 e. The van der Waals surface area contributed by atoms with Gasteiger partial charge in [-0.25, -0.2) is 0 Å². The second-order valence-electron chi connectivity index (χ2n) is 10.1. The van der Waals surface area contributed by atoms with Gasteiger partial charge in [0.25, 0.3) is 5.69 Å². The lowest BCUT2D eigenvalue weighted by Crippen LogP contribution is -2.54. The van der Waals surface area contributed by atoms with Crippen molar-refractivity contribution >= 4 is 16.6 Å². The first kappa shape index (κ1) is 21.9. The summed E-state index contributed by atoms with van der Waals surface area (Å²) in [6.07, 6.45) is 3.77. The Morgan fingerprint density at radius 2 is 1.94 bits per heavy atom. The zero-order valence-electron chi connectivity index (χ0n) is 19.6. The predicted molar refractivity (Wildman–Crippen MR) is 137 cm³/mol. The molecule has 2 atom stereocenters. The lowest BCUT2D eigenvalue weighted by atomic mass is 9.58. The number of fused-ring (bicyclic) bond motifs is 4. The molecule has 1 saturated heterocycles. The number of nitrogens with one attached hydrogen (secondary N) is 1. The number of piperidine rings is 1. The molecule has 0 saturated carbocycles. The number of rotatable bonds is 5. The molecular formula is C29H29N3O3. The highest BCUT2D eigenvalue weighted by atomic mass is 16.6. The van der Waals surface area contributed by atoms with Crippen molar-refractivity contribution in [2.24, 2.45) is 5.92 Å². The second-order valence-corrected chi connectivity index (χ2v) is 10.1. The molecule has 3 aromatic carbocycles. The number of phenolic OH excluding ortho intramolecular Hbond substituents is 1. The Morgan fingerprint density at radius 1 is 1.09 bits per heavy atom. The molecule has 35 heavy (non-hydrogen) atoms. The average molecular weight is 468 g/mol. The number of nitro benzene ring substituents is 1. The van der Waals surface area contributed by atoms with Gasteiger partial charge in [-0.1, -0.05) is 42.5 Å². The SMILES string of the molecule is O=[N+]([O-])c1ccc2[nH]c3c(c2c1)CC1CN(CCc2ccccc2)CC[C@]1(c1cccc(O)c1)C3. The summed E-state index contributed by atoms with van der Waals surface area (Å²) in [6, 6.07) is 23.5. The van der Waals surface area contributed by atoms with Crippen molar-refractivity contribution < 1.29 is 10.0 Å². The number of phenols is 1. The lowest BCUT2D eigenvalue weighted by Gasteiger charge is -2.51. The fourth-order valence-corrected chi connectivity index (χ4v) is 6.42. The fraction of sp³-hybridized carbons (Fsp3) is 0.310. The number of aromatic amines is 1. The highest BCUT2D eigenvalue weighted by Crippen LogP contribution is 2.49.